The Hall–Kier alpha value is -1.14. The smallest absolute Gasteiger partial charge is 0.102 e. The fraction of sp³-hybridized carbons (Fsp3) is 0.500. The molecule has 90 valence electrons. The summed E-state index contributed by atoms with van der Waals surface area (Å²) in [5.74, 6) is 0.991. The van der Waals surface area contributed by atoms with Crippen LogP contribution in [-0.4, -0.2) is 12.8 Å². The van der Waals surface area contributed by atoms with E-state index >= 15 is 0 Å². The van der Waals surface area contributed by atoms with Crippen LogP contribution < -0.4 is 5.32 Å². The van der Waals surface area contributed by atoms with Crippen LogP contribution in [0.2, 0.25) is 0 Å². The maximum absolute atomic E-state index is 9.18. The number of nitriles is 1. The minimum Gasteiger partial charge on any atom is -0.384 e. The molecule has 0 unspecified atom stereocenters. The van der Waals surface area contributed by atoms with E-state index in [4.69, 9.17) is 0 Å². The predicted octanol–water partition coefficient (Wildman–Crippen LogP) is 3.88. The third kappa shape index (κ3) is 3.41. The van der Waals surface area contributed by atoms with E-state index in [0.717, 1.165) is 28.6 Å². The molecule has 0 atom stereocenters. The SMILES string of the molecule is CSc1cccc(NCCCC2CC2)c1C#N. The molecule has 0 spiro atoms. The third-order valence-electron chi connectivity index (χ3n) is 3.16. The predicted molar refractivity (Wildman–Crippen MR) is 73.4 cm³/mol. The van der Waals surface area contributed by atoms with Gasteiger partial charge in [0.25, 0.3) is 0 Å². The molecule has 1 aromatic rings. The Morgan fingerprint density at radius 2 is 2.29 bits per heavy atom. The molecule has 3 heteroatoms. The summed E-state index contributed by atoms with van der Waals surface area (Å²) in [5, 5.41) is 12.6. The zero-order chi connectivity index (χ0) is 12.1. The molecule has 1 aliphatic rings. The summed E-state index contributed by atoms with van der Waals surface area (Å²) < 4.78 is 0. The Morgan fingerprint density at radius 1 is 1.47 bits per heavy atom. The molecule has 1 N–H and O–H groups in total. The monoisotopic (exact) mass is 246 g/mol. The summed E-state index contributed by atoms with van der Waals surface area (Å²) in [6.45, 7) is 0.975. The molecule has 1 fully saturated rings. The van der Waals surface area contributed by atoms with E-state index in [1.807, 2.05) is 24.5 Å². The number of benzene rings is 1. The van der Waals surface area contributed by atoms with Gasteiger partial charge >= 0.3 is 0 Å². The lowest BCUT2D eigenvalue weighted by Gasteiger charge is -2.10. The van der Waals surface area contributed by atoms with Gasteiger partial charge in [0.1, 0.15) is 6.07 Å². The molecular formula is C14H18N2S. The van der Waals surface area contributed by atoms with E-state index in [1.165, 1.54) is 25.7 Å². The summed E-state index contributed by atoms with van der Waals surface area (Å²) in [6, 6.07) is 8.30. The van der Waals surface area contributed by atoms with Crippen molar-refractivity contribution in [1.82, 2.24) is 0 Å². The topological polar surface area (TPSA) is 35.8 Å². The molecule has 1 aliphatic carbocycles. The number of nitrogens with zero attached hydrogens (tertiary/aromatic N) is 1. The first-order valence-electron chi connectivity index (χ1n) is 6.16. The van der Waals surface area contributed by atoms with Crippen LogP contribution in [0.4, 0.5) is 5.69 Å². The lowest BCUT2D eigenvalue weighted by atomic mass is 10.2. The molecule has 0 amide bonds. The van der Waals surface area contributed by atoms with E-state index < -0.39 is 0 Å². The highest BCUT2D eigenvalue weighted by Gasteiger charge is 2.20. The highest BCUT2D eigenvalue weighted by Crippen LogP contribution is 2.33. The molecule has 0 aromatic heterocycles. The lowest BCUT2D eigenvalue weighted by molar-refractivity contribution is 0.687. The van der Waals surface area contributed by atoms with Gasteiger partial charge in [-0.1, -0.05) is 18.9 Å². The van der Waals surface area contributed by atoms with Crippen LogP contribution in [0.1, 0.15) is 31.2 Å². The first kappa shape index (κ1) is 12.3. The average Bonchev–Trinajstić information content (AvgIpc) is 3.18. The van der Waals surface area contributed by atoms with Crippen LogP contribution in [0.15, 0.2) is 23.1 Å². The number of thioether (sulfide) groups is 1. The fourth-order valence-electron chi connectivity index (χ4n) is 1.98. The van der Waals surface area contributed by atoms with Crippen molar-refractivity contribution in [2.24, 2.45) is 5.92 Å². The Labute approximate surface area is 107 Å². The lowest BCUT2D eigenvalue weighted by Crippen LogP contribution is -2.04. The second-order valence-electron chi connectivity index (χ2n) is 4.51. The minimum absolute atomic E-state index is 0.784. The second kappa shape index (κ2) is 5.97. The van der Waals surface area contributed by atoms with E-state index in [2.05, 4.69) is 11.4 Å². The number of hydrogen-bond acceptors (Lipinski definition) is 3. The van der Waals surface area contributed by atoms with Gasteiger partial charge in [0.15, 0.2) is 0 Å². The van der Waals surface area contributed by atoms with Gasteiger partial charge in [0.2, 0.25) is 0 Å². The maximum atomic E-state index is 9.18. The van der Waals surface area contributed by atoms with Crippen molar-refractivity contribution < 1.29 is 0 Å². The number of hydrogen-bond donors (Lipinski definition) is 1. The average molecular weight is 246 g/mol. The van der Waals surface area contributed by atoms with Gasteiger partial charge in [0, 0.05) is 11.4 Å². The quantitative estimate of drug-likeness (QED) is 0.611. The Kier molecular flexibility index (Phi) is 4.33. The highest BCUT2D eigenvalue weighted by molar-refractivity contribution is 7.98. The normalized spacial score (nSPS) is 14.4. The molecule has 0 heterocycles. The zero-order valence-electron chi connectivity index (χ0n) is 10.2. The van der Waals surface area contributed by atoms with Crippen molar-refractivity contribution in [1.29, 1.82) is 5.26 Å². The van der Waals surface area contributed by atoms with Crippen molar-refractivity contribution in [2.75, 3.05) is 18.1 Å². The Balaban J connectivity index is 1.92. The highest BCUT2D eigenvalue weighted by atomic mass is 32.2. The van der Waals surface area contributed by atoms with Crippen LogP contribution in [0.5, 0.6) is 0 Å². The van der Waals surface area contributed by atoms with E-state index in [-0.39, 0.29) is 0 Å². The molecular weight excluding hydrogens is 228 g/mol. The van der Waals surface area contributed by atoms with Crippen molar-refractivity contribution in [2.45, 2.75) is 30.6 Å². The van der Waals surface area contributed by atoms with Gasteiger partial charge in [-0.05, 0) is 37.1 Å². The third-order valence-corrected chi connectivity index (χ3v) is 3.94. The maximum Gasteiger partial charge on any atom is 0.102 e. The first-order chi connectivity index (χ1) is 8.35. The Bertz CT molecular complexity index is 419. The molecule has 0 radical (unpaired) electrons. The summed E-state index contributed by atoms with van der Waals surface area (Å²) in [6.07, 6.45) is 7.39. The first-order valence-corrected chi connectivity index (χ1v) is 7.38. The molecule has 2 rings (SSSR count). The van der Waals surface area contributed by atoms with Crippen LogP contribution in [0.3, 0.4) is 0 Å². The van der Waals surface area contributed by atoms with Crippen molar-refractivity contribution in [3.8, 4) is 6.07 Å². The molecule has 17 heavy (non-hydrogen) atoms. The summed E-state index contributed by atoms with van der Waals surface area (Å²) in [4.78, 5) is 1.06. The van der Waals surface area contributed by atoms with E-state index in [9.17, 15) is 5.26 Å². The molecule has 1 saturated carbocycles. The Morgan fingerprint density at radius 3 is 2.94 bits per heavy atom. The summed E-state index contributed by atoms with van der Waals surface area (Å²) in [7, 11) is 0. The number of anilines is 1. The van der Waals surface area contributed by atoms with Gasteiger partial charge < -0.3 is 5.32 Å². The zero-order valence-corrected chi connectivity index (χ0v) is 11.0. The van der Waals surface area contributed by atoms with Gasteiger partial charge in [-0.15, -0.1) is 11.8 Å². The number of rotatable bonds is 6. The molecule has 1 aromatic carbocycles. The largest absolute Gasteiger partial charge is 0.384 e. The minimum atomic E-state index is 0.784. The van der Waals surface area contributed by atoms with Crippen LogP contribution >= 0.6 is 11.8 Å². The van der Waals surface area contributed by atoms with Gasteiger partial charge in [-0.3, -0.25) is 0 Å². The van der Waals surface area contributed by atoms with Crippen molar-refractivity contribution in [3.05, 3.63) is 23.8 Å². The van der Waals surface area contributed by atoms with Gasteiger partial charge in [0.05, 0.1) is 11.3 Å². The van der Waals surface area contributed by atoms with Crippen LogP contribution in [0, 0.1) is 17.2 Å². The van der Waals surface area contributed by atoms with E-state index in [1.54, 1.807) is 11.8 Å². The second-order valence-corrected chi connectivity index (χ2v) is 5.36. The number of nitrogens with one attached hydrogen (secondary N) is 1. The van der Waals surface area contributed by atoms with E-state index in [0.29, 0.717) is 0 Å². The molecule has 0 saturated heterocycles. The molecule has 0 bridgehead atoms. The van der Waals surface area contributed by atoms with Crippen LogP contribution in [-0.2, 0) is 0 Å². The standard InChI is InChI=1S/C14H18N2S/c1-17-14-6-2-5-13(12(14)10-15)16-9-3-4-11-7-8-11/h2,5-6,11,16H,3-4,7-9H2,1H3. The van der Waals surface area contributed by atoms with Gasteiger partial charge in [-0.25, -0.2) is 0 Å². The van der Waals surface area contributed by atoms with Crippen molar-refractivity contribution in [3.63, 3.8) is 0 Å². The fourth-order valence-corrected chi connectivity index (χ4v) is 2.56. The van der Waals surface area contributed by atoms with Gasteiger partial charge in [-0.2, -0.15) is 5.26 Å². The summed E-state index contributed by atoms with van der Waals surface area (Å²) >= 11 is 1.63. The molecule has 2 nitrogen and oxygen atoms in total. The van der Waals surface area contributed by atoms with Crippen molar-refractivity contribution >= 4 is 17.4 Å². The summed E-state index contributed by atoms with van der Waals surface area (Å²) in [5.41, 5.74) is 1.77. The molecule has 0 aliphatic heterocycles. The van der Waals surface area contributed by atoms with Crippen LogP contribution in [0.25, 0.3) is 0 Å².